The lowest BCUT2D eigenvalue weighted by molar-refractivity contribution is -0.132. The van der Waals surface area contributed by atoms with E-state index in [4.69, 9.17) is 0 Å². The standard InChI is InChI=1S/C22H22N4O3S/c1-14(27)23-21-24-26(16(3)29)22(30-21)13-20(17-9-5-4-6-10-17)25(15(2)28)19-12-8-7-11-18(19)22/h4-12,20H,13H2,1-3H3,(H,23,24,27)/t20-,22+/m1/s1. The quantitative estimate of drug-likeness (QED) is 0.764. The number of anilines is 1. The number of nitrogens with zero attached hydrogens (tertiary/aromatic N) is 3. The highest BCUT2D eigenvalue weighted by atomic mass is 32.2. The van der Waals surface area contributed by atoms with Gasteiger partial charge in [-0.1, -0.05) is 60.3 Å². The molecule has 2 aliphatic heterocycles. The number of hydrogen-bond acceptors (Lipinski definition) is 5. The smallest absolute Gasteiger partial charge is 0.241 e. The summed E-state index contributed by atoms with van der Waals surface area (Å²) in [4.78, 5) is 37.9. The van der Waals surface area contributed by atoms with Gasteiger partial charge in [-0.2, -0.15) is 0 Å². The average Bonchev–Trinajstić information content (AvgIpc) is 3.06. The van der Waals surface area contributed by atoms with Crippen LogP contribution in [0.4, 0.5) is 5.69 Å². The number of carbonyl (C=O) groups is 3. The molecule has 0 unspecified atom stereocenters. The van der Waals surface area contributed by atoms with Gasteiger partial charge in [0.1, 0.15) is 4.87 Å². The lowest BCUT2D eigenvalue weighted by Gasteiger charge is -2.47. The Hall–Kier alpha value is -3.13. The Balaban J connectivity index is 1.91. The Bertz CT molecular complexity index is 1060. The van der Waals surface area contributed by atoms with Crippen molar-refractivity contribution in [2.45, 2.75) is 38.1 Å². The SMILES string of the molecule is CC(=O)NC1=NN(C(C)=O)[C@@]2(C[C@H](c3ccccc3)N(C(C)=O)c3ccccc32)S1. The van der Waals surface area contributed by atoms with Crippen LogP contribution in [0, 0.1) is 0 Å². The van der Waals surface area contributed by atoms with E-state index < -0.39 is 4.87 Å². The fourth-order valence-electron chi connectivity index (χ4n) is 4.19. The maximum atomic E-state index is 12.7. The molecule has 3 amide bonds. The highest BCUT2D eigenvalue weighted by Crippen LogP contribution is 2.57. The Morgan fingerprint density at radius 2 is 1.67 bits per heavy atom. The summed E-state index contributed by atoms with van der Waals surface area (Å²) in [6.07, 6.45) is 0.435. The first kappa shape index (κ1) is 20.2. The molecular weight excluding hydrogens is 400 g/mol. The second-order valence-corrected chi connectivity index (χ2v) is 8.61. The molecular formula is C22H22N4O3S. The van der Waals surface area contributed by atoms with Crippen molar-refractivity contribution in [3.63, 3.8) is 0 Å². The van der Waals surface area contributed by atoms with Gasteiger partial charge in [-0.05, 0) is 11.6 Å². The Morgan fingerprint density at radius 1 is 1.00 bits per heavy atom. The molecule has 0 aliphatic carbocycles. The zero-order valence-electron chi connectivity index (χ0n) is 17.0. The van der Waals surface area contributed by atoms with Crippen LogP contribution in [0.2, 0.25) is 0 Å². The van der Waals surface area contributed by atoms with Crippen LogP contribution in [0.5, 0.6) is 0 Å². The van der Waals surface area contributed by atoms with Gasteiger partial charge < -0.3 is 10.2 Å². The number of benzene rings is 2. The summed E-state index contributed by atoms with van der Waals surface area (Å²) < 4.78 is 0. The molecule has 0 aromatic heterocycles. The number of rotatable bonds is 1. The van der Waals surface area contributed by atoms with E-state index in [0.29, 0.717) is 11.6 Å². The molecule has 2 atom stereocenters. The highest BCUT2D eigenvalue weighted by Gasteiger charge is 2.54. The third-order valence-corrected chi connectivity index (χ3v) is 6.54. The third kappa shape index (κ3) is 3.27. The van der Waals surface area contributed by atoms with Gasteiger partial charge in [0.15, 0.2) is 5.17 Å². The normalized spacial score (nSPS) is 22.5. The summed E-state index contributed by atoms with van der Waals surface area (Å²) >= 11 is 1.34. The maximum absolute atomic E-state index is 12.7. The van der Waals surface area contributed by atoms with Crippen molar-refractivity contribution in [3.8, 4) is 0 Å². The van der Waals surface area contributed by atoms with E-state index in [9.17, 15) is 14.4 Å². The number of nitrogens with one attached hydrogen (secondary N) is 1. The van der Waals surface area contributed by atoms with E-state index in [1.54, 1.807) is 11.8 Å². The molecule has 30 heavy (non-hydrogen) atoms. The molecule has 0 saturated carbocycles. The molecule has 7 nitrogen and oxygen atoms in total. The molecule has 4 rings (SSSR count). The van der Waals surface area contributed by atoms with Crippen LogP contribution in [-0.2, 0) is 19.3 Å². The zero-order chi connectivity index (χ0) is 21.5. The number of carbonyl (C=O) groups excluding carboxylic acids is 3. The Labute approximate surface area is 179 Å². The van der Waals surface area contributed by atoms with E-state index in [1.807, 2.05) is 54.6 Å². The first-order valence-corrected chi connectivity index (χ1v) is 10.5. The first-order valence-electron chi connectivity index (χ1n) is 9.64. The van der Waals surface area contributed by atoms with Crippen LogP contribution in [0.15, 0.2) is 59.7 Å². The van der Waals surface area contributed by atoms with Crippen LogP contribution in [-0.4, -0.2) is 27.9 Å². The van der Waals surface area contributed by atoms with Gasteiger partial charge in [0.25, 0.3) is 0 Å². The minimum Gasteiger partial charge on any atom is -0.305 e. The second kappa shape index (κ2) is 7.60. The van der Waals surface area contributed by atoms with Crippen molar-refractivity contribution in [1.82, 2.24) is 10.3 Å². The number of thioether (sulfide) groups is 1. The van der Waals surface area contributed by atoms with Gasteiger partial charge in [0.05, 0.1) is 11.7 Å². The molecule has 2 aromatic carbocycles. The van der Waals surface area contributed by atoms with Gasteiger partial charge in [-0.15, -0.1) is 5.10 Å². The van der Waals surface area contributed by atoms with E-state index in [2.05, 4.69) is 10.4 Å². The molecule has 0 radical (unpaired) electrons. The van der Waals surface area contributed by atoms with Gasteiger partial charge >= 0.3 is 0 Å². The minimum atomic E-state index is -0.868. The van der Waals surface area contributed by atoms with E-state index >= 15 is 0 Å². The average molecular weight is 423 g/mol. The summed E-state index contributed by atoms with van der Waals surface area (Å²) in [7, 11) is 0. The van der Waals surface area contributed by atoms with E-state index in [-0.39, 0.29) is 23.8 Å². The molecule has 154 valence electrons. The van der Waals surface area contributed by atoms with Crippen molar-refractivity contribution in [1.29, 1.82) is 0 Å². The summed E-state index contributed by atoms with van der Waals surface area (Å²) in [6, 6.07) is 17.0. The predicted octanol–water partition coefficient (Wildman–Crippen LogP) is 3.34. The number of amides is 3. The summed E-state index contributed by atoms with van der Waals surface area (Å²) in [5.74, 6) is -0.567. The Kier molecular flexibility index (Phi) is 5.11. The predicted molar refractivity (Wildman–Crippen MR) is 116 cm³/mol. The number of fused-ring (bicyclic) bond motifs is 2. The molecule has 2 heterocycles. The topological polar surface area (TPSA) is 82.1 Å². The fraction of sp³-hybridized carbons (Fsp3) is 0.273. The second-order valence-electron chi connectivity index (χ2n) is 7.34. The third-order valence-electron chi connectivity index (χ3n) is 5.27. The molecule has 0 saturated heterocycles. The highest BCUT2D eigenvalue weighted by molar-refractivity contribution is 8.14. The molecule has 1 spiro atoms. The minimum absolute atomic E-state index is 0.0773. The van der Waals surface area contributed by atoms with Crippen molar-refractivity contribution in [2.75, 3.05) is 4.90 Å². The lowest BCUT2D eigenvalue weighted by Crippen LogP contribution is -2.50. The van der Waals surface area contributed by atoms with Crippen LogP contribution >= 0.6 is 11.8 Å². The number of hydrazone groups is 1. The van der Waals surface area contributed by atoms with E-state index in [1.165, 1.54) is 30.6 Å². The van der Waals surface area contributed by atoms with Crippen LogP contribution in [0.25, 0.3) is 0 Å². The van der Waals surface area contributed by atoms with Crippen LogP contribution < -0.4 is 10.2 Å². The van der Waals surface area contributed by atoms with E-state index in [0.717, 1.165) is 16.8 Å². The Morgan fingerprint density at radius 3 is 2.30 bits per heavy atom. The molecule has 2 aliphatic rings. The zero-order valence-corrected chi connectivity index (χ0v) is 17.8. The number of hydrogen-bond donors (Lipinski definition) is 1. The van der Waals surface area contributed by atoms with Gasteiger partial charge in [0.2, 0.25) is 17.7 Å². The van der Waals surface area contributed by atoms with Crippen LogP contribution in [0.3, 0.4) is 0 Å². The van der Waals surface area contributed by atoms with Crippen molar-refractivity contribution >= 4 is 40.3 Å². The molecule has 1 N–H and O–H groups in total. The fourth-order valence-corrected chi connectivity index (χ4v) is 5.61. The maximum Gasteiger partial charge on any atom is 0.241 e. The summed E-state index contributed by atoms with van der Waals surface area (Å²) in [5.41, 5.74) is 2.53. The molecule has 0 fully saturated rings. The first-order chi connectivity index (χ1) is 14.3. The van der Waals surface area contributed by atoms with Gasteiger partial charge in [-0.3, -0.25) is 14.4 Å². The van der Waals surface area contributed by atoms with Crippen molar-refractivity contribution in [3.05, 3.63) is 65.7 Å². The van der Waals surface area contributed by atoms with Crippen LogP contribution in [0.1, 0.15) is 44.4 Å². The number of amidine groups is 1. The summed E-state index contributed by atoms with van der Waals surface area (Å²) in [5, 5.41) is 8.96. The lowest BCUT2D eigenvalue weighted by atomic mass is 9.86. The van der Waals surface area contributed by atoms with Crippen molar-refractivity contribution < 1.29 is 14.4 Å². The molecule has 2 aromatic rings. The van der Waals surface area contributed by atoms with Gasteiger partial charge in [0, 0.05) is 32.8 Å². The van der Waals surface area contributed by atoms with Crippen molar-refractivity contribution in [2.24, 2.45) is 5.10 Å². The summed E-state index contributed by atoms with van der Waals surface area (Å²) in [6.45, 7) is 4.42. The van der Waals surface area contributed by atoms with Gasteiger partial charge in [-0.25, -0.2) is 5.01 Å². The largest absolute Gasteiger partial charge is 0.305 e. The number of para-hydroxylation sites is 1. The molecule has 8 heteroatoms. The monoisotopic (exact) mass is 422 g/mol. The molecule has 0 bridgehead atoms.